The molecule has 33 heavy (non-hydrogen) atoms. The van der Waals surface area contributed by atoms with E-state index in [1.807, 2.05) is 43.3 Å². The van der Waals surface area contributed by atoms with Gasteiger partial charge in [-0.25, -0.2) is 13.1 Å². The maximum Gasteiger partial charge on any atom is 0.241 e. The molecule has 0 spiro atoms. The summed E-state index contributed by atoms with van der Waals surface area (Å²) in [7, 11) is -2.15. The second-order valence-corrected chi connectivity index (χ2v) is 9.38. The van der Waals surface area contributed by atoms with Crippen LogP contribution in [-0.2, 0) is 21.4 Å². The first-order valence-corrected chi connectivity index (χ1v) is 11.8. The molecule has 2 N–H and O–H groups in total. The quantitative estimate of drug-likeness (QED) is 0.395. The van der Waals surface area contributed by atoms with Crippen LogP contribution >= 0.6 is 0 Å². The Morgan fingerprint density at radius 3 is 2.55 bits per heavy atom. The molecule has 4 aromatic rings. The van der Waals surface area contributed by atoms with Gasteiger partial charge in [-0.3, -0.25) is 4.79 Å². The van der Waals surface area contributed by atoms with E-state index < -0.39 is 15.9 Å². The fraction of sp³-hybridized carbons (Fsp3) is 0.160. The highest BCUT2D eigenvalue weighted by Crippen LogP contribution is 2.26. The fourth-order valence-electron chi connectivity index (χ4n) is 3.44. The molecule has 7 nitrogen and oxygen atoms in total. The molecule has 1 amide bonds. The van der Waals surface area contributed by atoms with Gasteiger partial charge in [-0.1, -0.05) is 30.3 Å². The van der Waals surface area contributed by atoms with Crippen molar-refractivity contribution in [1.82, 2.24) is 4.72 Å². The van der Waals surface area contributed by atoms with E-state index >= 15 is 0 Å². The Hall–Kier alpha value is -3.62. The number of carbonyl (C=O) groups excluding carboxylic acids is 1. The Morgan fingerprint density at radius 1 is 1.00 bits per heavy atom. The molecule has 0 aliphatic heterocycles. The molecule has 0 aliphatic rings. The summed E-state index contributed by atoms with van der Waals surface area (Å²) in [6, 6.07) is 21.1. The number of furan rings is 1. The van der Waals surface area contributed by atoms with Crippen LogP contribution < -0.4 is 14.8 Å². The van der Waals surface area contributed by atoms with E-state index in [9.17, 15) is 13.2 Å². The lowest BCUT2D eigenvalue weighted by Crippen LogP contribution is -2.23. The summed E-state index contributed by atoms with van der Waals surface area (Å²) in [6.45, 7) is 1.85. The van der Waals surface area contributed by atoms with E-state index in [0.717, 1.165) is 22.1 Å². The molecule has 0 aliphatic carbocycles. The first kappa shape index (κ1) is 22.6. The molecule has 0 radical (unpaired) electrons. The highest BCUT2D eigenvalue weighted by molar-refractivity contribution is 7.89. The number of nitrogens with one attached hydrogen (secondary N) is 2. The van der Waals surface area contributed by atoms with Gasteiger partial charge in [-0.05, 0) is 65.7 Å². The highest BCUT2D eigenvalue weighted by Gasteiger charge is 2.18. The van der Waals surface area contributed by atoms with Gasteiger partial charge >= 0.3 is 0 Å². The number of anilines is 1. The van der Waals surface area contributed by atoms with Crippen LogP contribution in [0.25, 0.3) is 10.8 Å². The normalized spacial score (nSPS) is 12.4. The first-order valence-electron chi connectivity index (χ1n) is 10.4. The van der Waals surface area contributed by atoms with Crippen molar-refractivity contribution in [1.29, 1.82) is 0 Å². The van der Waals surface area contributed by atoms with Gasteiger partial charge in [-0.2, -0.15) is 0 Å². The minimum absolute atomic E-state index is 0.0385. The van der Waals surface area contributed by atoms with E-state index in [2.05, 4.69) is 10.0 Å². The van der Waals surface area contributed by atoms with Gasteiger partial charge in [0.1, 0.15) is 11.5 Å². The third-order valence-corrected chi connectivity index (χ3v) is 6.79. The average Bonchev–Trinajstić information content (AvgIpc) is 3.35. The molecule has 0 bridgehead atoms. The standard InChI is InChI=1S/C25H24N2O5S/c1-17(18-8-9-20-14-22(31-2)11-10-19(20)13-18)25(28)27-21-5-3-7-24(15-21)33(29,30)26-16-23-6-4-12-32-23/h3-15,17,26H,16H2,1-2H3,(H,27,28). The number of benzene rings is 3. The molecule has 3 aromatic carbocycles. The number of carbonyl (C=O) groups is 1. The number of rotatable bonds is 8. The maximum atomic E-state index is 12.9. The van der Waals surface area contributed by atoms with Crippen molar-refractivity contribution in [3.63, 3.8) is 0 Å². The number of sulfonamides is 1. The summed E-state index contributed by atoms with van der Waals surface area (Å²) >= 11 is 0. The number of amides is 1. The molecule has 1 atom stereocenters. The smallest absolute Gasteiger partial charge is 0.241 e. The van der Waals surface area contributed by atoms with Crippen molar-refractivity contribution in [3.8, 4) is 5.75 Å². The van der Waals surface area contributed by atoms with Gasteiger partial charge in [-0.15, -0.1) is 0 Å². The van der Waals surface area contributed by atoms with Crippen molar-refractivity contribution < 1.29 is 22.4 Å². The lowest BCUT2D eigenvalue weighted by Gasteiger charge is -2.14. The first-order chi connectivity index (χ1) is 15.9. The predicted octanol–water partition coefficient (Wildman–Crippen LogP) is 4.66. The Kier molecular flexibility index (Phi) is 6.48. The zero-order valence-corrected chi connectivity index (χ0v) is 19.1. The van der Waals surface area contributed by atoms with Crippen LogP contribution in [0.4, 0.5) is 5.69 Å². The van der Waals surface area contributed by atoms with E-state index in [4.69, 9.17) is 9.15 Å². The number of ether oxygens (including phenoxy) is 1. The number of methoxy groups -OCH3 is 1. The summed E-state index contributed by atoms with van der Waals surface area (Å²) in [4.78, 5) is 12.9. The van der Waals surface area contributed by atoms with Crippen LogP contribution in [0.3, 0.4) is 0 Å². The SMILES string of the molecule is COc1ccc2cc(C(C)C(=O)Nc3cccc(S(=O)(=O)NCc4ccco4)c3)ccc2c1. The van der Waals surface area contributed by atoms with Crippen LogP contribution in [0.5, 0.6) is 5.75 Å². The number of hydrogen-bond acceptors (Lipinski definition) is 5. The largest absolute Gasteiger partial charge is 0.497 e. The van der Waals surface area contributed by atoms with Gasteiger partial charge in [0, 0.05) is 5.69 Å². The molecular formula is C25H24N2O5S. The van der Waals surface area contributed by atoms with Crippen molar-refractivity contribution in [3.05, 3.63) is 90.4 Å². The average molecular weight is 465 g/mol. The zero-order valence-electron chi connectivity index (χ0n) is 18.2. The molecular weight excluding hydrogens is 440 g/mol. The number of hydrogen-bond donors (Lipinski definition) is 2. The van der Waals surface area contributed by atoms with Crippen molar-refractivity contribution >= 4 is 32.4 Å². The molecule has 1 aromatic heterocycles. The fourth-order valence-corrected chi connectivity index (χ4v) is 4.48. The lowest BCUT2D eigenvalue weighted by molar-refractivity contribution is -0.117. The molecule has 1 unspecified atom stereocenters. The second kappa shape index (κ2) is 9.48. The summed E-state index contributed by atoms with van der Waals surface area (Å²) in [6.07, 6.45) is 1.48. The van der Waals surface area contributed by atoms with Crippen LogP contribution in [-0.4, -0.2) is 21.4 Å². The summed E-state index contributed by atoms with van der Waals surface area (Å²) in [5, 5.41) is 4.84. The van der Waals surface area contributed by atoms with Gasteiger partial charge < -0.3 is 14.5 Å². The topological polar surface area (TPSA) is 97.6 Å². The minimum atomic E-state index is -3.77. The molecule has 4 rings (SSSR count). The van der Waals surface area contributed by atoms with E-state index in [1.54, 1.807) is 31.4 Å². The van der Waals surface area contributed by atoms with Gasteiger partial charge in [0.15, 0.2) is 0 Å². The van der Waals surface area contributed by atoms with Crippen molar-refractivity contribution in [2.45, 2.75) is 24.3 Å². The maximum absolute atomic E-state index is 12.9. The van der Waals surface area contributed by atoms with Gasteiger partial charge in [0.25, 0.3) is 0 Å². The lowest BCUT2D eigenvalue weighted by atomic mass is 9.97. The summed E-state index contributed by atoms with van der Waals surface area (Å²) < 4.78 is 38.1. The minimum Gasteiger partial charge on any atom is -0.497 e. The van der Waals surface area contributed by atoms with Crippen LogP contribution in [0.1, 0.15) is 24.2 Å². The van der Waals surface area contributed by atoms with Crippen molar-refractivity contribution in [2.24, 2.45) is 0 Å². The molecule has 170 valence electrons. The Bertz CT molecular complexity index is 1380. The third kappa shape index (κ3) is 5.24. The van der Waals surface area contributed by atoms with E-state index in [0.29, 0.717) is 11.4 Å². The second-order valence-electron chi connectivity index (χ2n) is 7.62. The molecule has 0 saturated heterocycles. The number of fused-ring (bicyclic) bond motifs is 1. The molecule has 0 fully saturated rings. The third-order valence-electron chi connectivity index (χ3n) is 5.39. The Balaban J connectivity index is 1.47. The molecule has 0 saturated carbocycles. The summed E-state index contributed by atoms with van der Waals surface area (Å²) in [5.41, 5.74) is 1.26. The molecule has 1 heterocycles. The zero-order chi connectivity index (χ0) is 23.4. The van der Waals surface area contributed by atoms with Crippen LogP contribution in [0.15, 0.2) is 88.4 Å². The van der Waals surface area contributed by atoms with E-state index in [1.165, 1.54) is 18.4 Å². The summed E-state index contributed by atoms with van der Waals surface area (Å²) in [5.74, 6) is 0.606. The van der Waals surface area contributed by atoms with Gasteiger partial charge in [0.05, 0.1) is 30.7 Å². The Labute approximate surface area is 192 Å². The molecule has 8 heteroatoms. The highest BCUT2D eigenvalue weighted by atomic mass is 32.2. The Morgan fingerprint density at radius 2 is 1.79 bits per heavy atom. The monoisotopic (exact) mass is 464 g/mol. The van der Waals surface area contributed by atoms with Gasteiger partial charge in [0.2, 0.25) is 15.9 Å². The van der Waals surface area contributed by atoms with E-state index in [-0.39, 0.29) is 17.3 Å². The van der Waals surface area contributed by atoms with Crippen molar-refractivity contribution in [2.75, 3.05) is 12.4 Å². The van der Waals surface area contributed by atoms with Crippen LogP contribution in [0.2, 0.25) is 0 Å². The van der Waals surface area contributed by atoms with Crippen LogP contribution in [0, 0.1) is 0 Å². The predicted molar refractivity (Wildman–Crippen MR) is 127 cm³/mol.